The number of hydrogen-bond donors (Lipinski definition) is 1. The molecule has 1 heterocycles. The molecule has 1 aliphatic rings. The molecular formula is C16H21NS. The highest BCUT2D eigenvalue weighted by molar-refractivity contribution is 7.17. The van der Waals surface area contributed by atoms with Crippen LogP contribution in [0.15, 0.2) is 29.6 Å². The first-order valence-corrected chi connectivity index (χ1v) is 7.82. The number of thiophene rings is 1. The Morgan fingerprint density at radius 1 is 1.33 bits per heavy atom. The van der Waals surface area contributed by atoms with Crippen molar-refractivity contribution in [3.05, 3.63) is 35.2 Å². The van der Waals surface area contributed by atoms with E-state index in [9.17, 15) is 0 Å². The maximum atomic E-state index is 3.78. The third-order valence-electron chi connectivity index (χ3n) is 4.15. The van der Waals surface area contributed by atoms with Crippen LogP contribution in [0.25, 0.3) is 10.1 Å². The smallest absolute Gasteiger partial charge is 0.0390 e. The van der Waals surface area contributed by atoms with E-state index >= 15 is 0 Å². The fraction of sp³-hybridized carbons (Fsp3) is 0.500. The highest BCUT2D eigenvalue weighted by atomic mass is 32.1. The predicted octanol–water partition coefficient (Wildman–Crippen LogP) is 4.74. The Morgan fingerprint density at radius 3 is 2.89 bits per heavy atom. The molecule has 1 unspecified atom stereocenters. The van der Waals surface area contributed by atoms with Crippen LogP contribution in [0.5, 0.6) is 0 Å². The van der Waals surface area contributed by atoms with Gasteiger partial charge in [0.1, 0.15) is 0 Å². The topological polar surface area (TPSA) is 12.0 Å². The third kappa shape index (κ3) is 2.08. The molecule has 96 valence electrons. The van der Waals surface area contributed by atoms with Crippen LogP contribution in [-0.2, 0) is 0 Å². The second-order valence-electron chi connectivity index (χ2n) is 5.73. The summed E-state index contributed by atoms with van der Waals surface area (Å²) in [6, 6.07) is 9.50. The van der Waals surface area contributed by atoms with Crippen molar-refractivity contribution >= 4 is 21.4 Å². The molecule has 1 fully saturated rings. The average Bonchev–Trinajstić information content (AvgIpc) is 2.94. The quantitative estimate of drug-likeness (QED) is 0.817. The molecule has 2 aromatic rings. The van der Waals surface area contributed by atoms with Gasteiger partial charge in [0.05, 0.1) is 0 Å². The number of fused-ring (bicyclic) bond motifs is 1. The molecule has 1 aromatic heterocycles. The van der Waals surface area contributed by atoms with Crippen LogP contribution in [0.1, 0.15) is 44.7 Å². The Labute approximate surface area is 113 Å². The number of nitrogens with one attached hydrogen (secondary N) is 1. The van der Waals surface area contributed by atoms with E-state index in [0.717, 1.165) is 6.54 Å². The molecule has 1 aliphatic carbocycles. The molecule has 1 nitrogen and oxygen atoms in total. The van der Waals surface area contributed by atoms with Crippen molar-refractivity contribution in [3.8, 4) is 0 Å². The van der Waals surface area contributed by atoms with Gasteiger partial charge in [-0.1, -0.05) is 32.0 Å². The highest BCUT2D eigenvalue weighted by Crippen LogP contribution is 2.55. The van der Waals surface area contributed by atoms with E-state index in [1.165, 1.54) is 34.9 Å². The van der Waals surface area contributed by atoms with Gasteiger partial charge in [0.15, 0.2) is 0 Å². The zero-order valence-electron chi connectivity index (χ0n) is 11.2. The number of benzene rings is 1. The maximum absolute atomic E-state index is 3.78. The summed E-state index contributed by atoms with van der Waals surface area (Å²) in [6.45, 7) is 5.78. The Morgan fingerprint density at radius 2 is 2.17 bits per heavy atom. The summed E-state index contributed by atoms with van der Waals surface area (Å²) < 4.78 is 1.47. The van der Waals surface area contributed by atoms with Gasteiger partial charge in [-0.05, 0) is 53.6 Å². The summed E-state index contributed by atoms with van der Waals surface area (Å²) in [5.74, 6) is 0. The van der Waals surface area contributed by atoms with E-state index in [0.29, 0.717) is 11.5 Å². The van der Waals surface area contributed by atoms with Crippen LogP contribution < -0.4 is 5.32 Å². The van der Waals surface area contributed by atoms with Crippen LogP contribution >= 0.6 is 11.3 Å². The lowest BCUT2D eigenvalue weighted by atomic mass is 9.91. The maximum Gasteiger partial charge on any atom is 0.0390 e. The van der Waals surface area contributed by atoms with Crippen molar-refractivity contribution < 1.29 is 0 Å². The Kier molecular flexibility index (Phi) is 3.16. The molecule has 1 atom stereocenters. The summed E-state index contributed by atoms with van der Waals surface area (Å²) in [5.41, 5.74) is 1.99. The molecule has 3 rings (SSSR count). The molecule has 1 saturated carbocycles. The summed E-state index contributed by atoms with van der Waals surface area (Å²) in [4.78, 5) is 0. The lowest BCUT2D eigenvalue weighted by molar-refractivity contribution is 0.369. The molecule has 1 N–H and O–H groups in total. The van der Waals surface area contributed by atoms with E-state index in [4.69, 9.17) is 0 Å². The minimum atomic E-state index is 0.480. The van der Waals surface area contributed by atoms with Crippen molar-refractivity contribution in [2.75, 3.05) is 6.54 Å². The second-order valence-corrected chi connectivity index (χ2v) is 6.64. The zero-order valence-corrected chi connectivity index (χ0v) is 12.0. The first-order valence-electron chi connectivity index (χ1n) is 6.94. The minimum absolute atomic E-state index is 0.480. The highest BCUT2D eigenvalue weighted by Gasteiger charge is 2.45. The standard InChI is InChI=1S/C16H21NS/c1-3-10-17-15(16(2)8-9-16)13-6-4-5-12-7-11-18-14(12)13/h4-7,11,15,17H,3,8-10H2,1-2H3. The van der Waals surface area contributed by atoms with E-state index in [1.807, 2.05) is 11.3 Å². The fourth-order valence-electron chi connectivity index (χ4n) is 2.75. The van der Waals surface area contributed by atoms with Crippen LogP contribution in [0.3, 0.4) is 0 Å². The fourth-order valence-corrected chi connectivity index (χ4v) is 3.69. The molecule has 18 heavy (non-hydrogen) atoms. The van der Waals surface area contributed by atoms with Gasteiger partial charge in [-0.25, -0.2) is 0 Å². The molecule has 0 saturated heterocycles. The van der Waals surface area contributed by atoms with Gasteiger partial charge in [-0.3, -0.25) is 0 Å². The van der Waals surface area contributed by atoms with Crippen LogP contribution in [-0.4, -0.2) is 6.54 Å². The van der Waals surface area contributed by atoms with Crippen LogP contribution in [0, 0.1) is 5.41 Å². The summed E-state index contributed by atoms with van der Waals surface area (Å²) >= 11 is 1.88. The molecule has 0 bridgehead atoms. The van der Waals surface area contributed by atoms with Gasteiger partial charge in [0.25, 0.3) is 0 Å². The van der Waals surface area contributed by atoms with Crippen molar-refractivity contribution in [1.29, 1.82) is 0 Å². The Hall–Kier alpha value is -0.860. The van der Waals surface area contributed by atoms with E-state index in [-0.39, 0.29) is 0 Å². The number of rotatable bonds is 5. The van der Waals surface area contributed by atoms with E-state index in [1.54, 1.807) is 0 Å². The van der Waals surface area contributed by atoms with Crippen molar-refractivity contribution in [2.24, 2.45) is 5.41 Å². The average molecular weight is 259 g/mol. The summed E-state index contributed by atoms with van der Waals surface area (Å²) in [6.07, 6.45) is 3.92. The lowest BCUT2D eigenvalue weighted by Gasteiger charge is -2.26. The van der Waals surface area contributed by atoms with Crippen LogP contribution in [0.4, 0.5) is 0 Å². The minimum Gasteiger partial charge on any atom is -0.309 e. The van der Waals surface area contributed by atoms with Gasteiger partial charge >= 0.3 is 0 Å². The lowest BCUT2D eigenvalue weighted by Crippen LogP contribution is -2.28. The first-order chi connectivity index (χ1) is 8.74. The largest absolute Gasteiger partial charge is 0.309 e. The normalized spacial score (nSPS) is 19.0. The Balaban J connectivity index is 2.01. The van der Waals surface area contributed by atoms with Crippen molar-refractivity contribution in [1.82, 2.24) is 5.32 Å². The summed E-state index contributed by atoms with van der Waals surface area (Å²) in [5, 5.41) is 7.38. The monoisotopic (exact) mass is 259 g/mol. The first kappa shape index (κ1) is 12.2. The van der Waals surface area contributed by atoms with Gasteiger partial charge in [0, 0.05) is 10.7 Å². The van der Waals surface area contributed by atoms with E-state index < -0.39 is 0 Å². The molecule has 0 radical (unpaired) electrons. The SMILES string of the molecule is CCCNC(c1cccc2ccsc12)C1(C)CC1. The third-order valence-corrected chi connectivity index (χ3v) is 5.13. The molecule has 0 amide bonds. The van der Waals surface area contributed by atoms with Crippen molar-refractivity contribution in [3.63, 3.8) is 0 Å². The molecule has 1 aromatic carbocycles. The molecular weight excluding hydrogens is 238 g/mol. The Bertz CT molecular complexity index is 539. The van der Waals surface area contributed by atoms with Crippen molar-refractivity contribution in [2.45, 2.75) is 39.2 Å². The predicted molar refractivity (Wildman–Crippen MR) is 80.2 cm³/mol. The molecule has 0 aliphatic heterocycles. The zero-order chi connectivity index (χ0) is 12.6. The van der Waals surface area contributed by atoms with Gasteiger partial charge in [-0.15, -0.1) is 11.3 Å². The number of hydrogen-bond acceptors (Lipinski definition) is 2. The van der Waals surface area contributed by atoms with Gasteiger partial charge in [-0.2, -0.15) is 0 Å². The van der Waals surface area contributed by atoms with Gasteiger partial charge < -0.3 is 5.32 Å². The second kappa shape index (κ2) is 4.67. The van der Waals surface area contributed by atoms with Crippen LogP contribution in [0.2, 0.25) is 0 Å². The molecule has 2 heteroatoms. The molecule has 0 spiro atoms. The van der Waals surface area contributed by atoms with E-state index in [2.05, 4.69) is 48.8 Å². The summed E-state index contributed by atoms with van der Waals surface area (Å²) in [7, 11) is 0. The van der Waals surface area contributed by atoms with Gasteiger partial charge in [0.2, 0.25) is 0 Å².